The van der Waals surface area contributed by atoms with Crippen molar-refractivity contribution >= 4 is 366 Å². The summed E-state index contributed by atoms with van der Waals surface area (Å²) in [5.74, 6) is 0. The van der Waals surface area contributed by atoms with Crippen LogP contribution < -0.4 is 0 Å². The van der Waals surface area contributed by atoms with Gasteiger partial charge in [-0.15, -0.1) is 0 Å². The van der Waals surface area contributed by atoms with Crippen molar-refractivity contribution in [3.63, 3.8) is 0 Å². The summed E-state index contributed by atoms with van der Waals surface area (Å²) in [7, 11) is -216. The van der Waals surface area contributed by atoms with Gasteiger partial charge in [0.15, 0.2) is 0 Å². The Bertz CT molecular complexity index is 4430. The minimum Gasteiger partial charge on any atom is -0.558 e. The van der Waals surface area contributed by atoms with Gasteiger partial charge in [-0.2, -0.15) is 0 Å². The van der Waals surface area contributed by atoms with E-state index in [-0.39, 0.29) is 0 Å². The van der Waals surface area contributed by atoms with Gasteiger partial charge in [0, 0.05) is 0 Å². The summed E-state index contributed by atoms with van der Waals surface area (Å²) >= 11 is 0. The van der Waals surface area contributed by atoms with E-state index in [1.807, 2.05) is 0 Å². The van der Waals surface area contributed by atoms with Crippen LogP contribution in [0, 0.1) is 0 Å². The molecule has 0 fully saturated rings. The summed E-state index contributed by atoms with van der Waals surface area (Å²) in [6.45, 7) is 1.98. The van der Waals surface area contributed by atoms with Gasteiger partial charge < -0.3 is 214 Å². The third-order valence-corrected chi connectivity index (χ3v) is 365. The zero-order valence-corrected chi connectivity index (χ0v) is 92.8. The highest BCUT2D eigenvalue weighted by Gasteiger charge is 2.61. The molecule has 95 heteroatoms. The molecule has 0 atom stereocenters. The van der Waals surface area contributed by atoms with Crippen molar-refractivity contribution in [1.82, 2.24) is 0 Å². The zero-order chi connectivity index (χ0) is 76.9. The van der Waals surface area contributed by atoms with Crippen molar-refractivity contribution in [3.05, 3.63) is 0 Å². The fourth-order valence-corrected chi connectivity index (χ4v) is 536. The lowest BCUT2D eigenvalue weighted by atomic mass is 11.9. The summed E-state index contributed by atoms with van der Waals surface area (Å²) in [6.07, 6.45) is 0. The highest BCUT2D eigenvalue weighted by atomic mass is 30.2. The molecule has 0 unspecified atom stereocenters. The number of rotatable bonds is 47. The van der Waals surface area contributed by atoms with Crippen LogP contribution in [0.5, 0.6) is 0 Å². The zero-order valence-electron chi connectivity index (χ0n) is 45.4. The standard InChI is InChI=1S/C2H10O48Si47/c1-97(2,49)50-52(4)54(6)56(8)58(10)60(12)62(14)64(16)66(18)68(20)70(22)72(24)74(26)76(28)78(30)80(32)82(34)84(36)86(38)88(40)90(42)92(44)94(46)96(48)95(47)93(45)91(43)89(41)87(39)85(37)83(35)81(33)79(31)77(29)75(27)73(25)71(23)69(21)67(19)65(17)63(15)61(13)59(11)57(9)55(7)53(5)51-3/h3,49H,51H2,1-2H3. The second kappa shape index (κ2) is 43.0. The monoisotopic (exact) mass is 2120 g/mol. The van der Waals surface area contributed by atoms with E-state index in [4.69, 9.17) is 4.80 Å². The Labute approximate surface area is 586 Å². The van der Waals surface area contributed by atoms with Crippen molar-refractivity contribution in [3.8, 4) is 0 Å². The molecule has 0 aromatic rings. The lowest BCUT2D eigenvalue weighted by Crippen LogP contribution is -2.58. The molecule has 0 heterocycles. The van der Waals surface area contributed by atoms with E-state index < -0.39 is 366 Å². The van der Waals surface area contributed by atoms with Crippen LogP contribution in [0.3, 0.4) is 0 Å². The topological polar surface area (TPSA) is 818 Å². The Balaban J connectivity index is 6.01. The third kappa shape index (κ3) is 25.8. The highest BCUT2D eigenvalue weighted by molar-refractivity contribution is 7.87. The van der Waals surface area contributed by atoms with Crippen LogP contribution in [-0.4, -0.2) is 375 Å². The fraction of sp³-hybridized carbons (Fsp3) is 1.00. The molecule has 494 valence electrons. The maximum atomic E-state index is 12.9. The molecular weight excluding hydrogens is 2110 g/mol. The van der Waals surface area contributed by atoms with Gasteiger partial charge in [0.05, 0.1) is 0 Å². The van der Waals surface area contributed by atoms with Crippen molar-refractivity contribution in [2.75, 3.05) is 0 Å². The first-order valence-electron chi connectivity index (χ1n) is 22.5. The molecule has 0 bridgehead atoms. The third-order valence-electron chi connectivity index (χ3n) is 9.59. The molecule has 97 heavy (non-hydrogen) atoms. The molecule has 0 spiro atoms. The van der Waals surface area contributed by atoms with Gasteiger partial charge in [-0.1, -0.05) is 0 Å². The molecule has 0 saturated carbocycles. The van der Waals surface area contributed by atoms with Crippen LogP contribution in [0.4, 0.5) is 0 Å². The van der Waals surface area contributed by atoms with Crippen LogP contribution in [0.2, 0.25) is 13.1 Å². The molecule has 0 aromatic heterocycles. The minimum absolute atomic E-state index is 0.991. The summed E-state index contributed by atoms with van der Waals surface area (Å²) in [4.78, 5) is 18.5. The van der Waals surface area contributed by atoms with Crippen LogP contribution in [0.15, 0.2) is 0 Å². The summed E-state index contributed by atoms with van der Waals surface area (Å²) < 4.78 is 573. The largest absolute Gasteiger partial charge is 0.558 e. The molecule has 0 saturated heterocycles. The summed E-state index contributed by atoms with van der Waals surface area (Å²) in [6, 6.07) is 0. The predicted molar refractivity (Wildman–Crippen MR) is 321 cm³/mol. The average Bonchev–Trinajstić information content (AvgIpc) is 0.843. The first kappa shape index (κ1) is 97.9. The van der Waals surface area contributed by atoms with Crippen molar-refractivity contribution in [1.29, 1.82) is 0 Å². The maximum Gasteiger partial charge on any atom is 0.533 e. The Morgan fingerprint density at radius 2 is 0.258 bits per heavy atom. The van der Waals surface area contributed by atoms with E-state index in [1.165, 1.54) is 0 Å². The lowest BCUT2D eigenvalue weighted by molar-refractivity contribution is 0.372. The van der Waals surface area contributed by atoms with Gasteiger partial charge in [-0.25, -0.2) is 0 Å². The Kier molecular flexibility index (Phi) is 43.5. The van der Waals surface area contributed by atoms with Crippen LogP contribution in [-0.2, 0) is 205 Å². The van der Waals surface area contributed by atoms with E-state index >= 15 is 0 Å². The molecular formula is C2H10O48Si47. The van der Waals surface area contributed by atoms with Crippen molar-refractivity contribution in [2.45, 2.75) is 13.1 Å². The molecule has 0 aromatic carbocycles. The smallest absolute Gasteiger partial charge is 0.533 e. The van der Waals surface area contributed by atoms with Gasteiger partial charge in [-0.3, -0.25) is 0 Å². The molecule has 0 aliphatic heterocycles. The molecule has 2 N–H and O–H groups in total. The first-order chi connectivity index (χ1) is 44.0. The van der Waals surface area contributed by atoms with Crippen LogP contribution >= 0.6 is 0 Å². The minimum atomic E-state index is -4.92. The highest BCUT2D eigenvalue weighted by Crippen LogP contribution is 1.99. The molecule has 0 aliphatic rings. The first-order valence-corrected chi connectivity index (χ1v) is 136. The Morgan fingerprint density at radius 1 is 0.175 bits per heavy atom. The van der Waals surface area contributed by atoms with Crippen LogP contribution in [0.1, 0.15) is 0 Å². The lowest BCUT2D eigenvalue weighted by Gasteiger charge is -2.13. The van der Waals surface area contributed by atoms with Gasteiger partial charge in [-0.05, 0) is 13.1 Å². The van der Waals surface area contributed by atoms with E-state index in [2.05, 4.69) is 4.12 Å². The van der Waals surface area contributed by atoms with E-state index in [0.717, 1.165) is 13.1 Å². The maximum absolute atomic E-state index is 12.9. The number of hydrogen-bond acceptors (Lipinski definition) is 48. The summed E-state index contributed by atoms with van der Waals surface area (Å²) in [5, 5.41) is 0. The quantitative estimate of drug-likeness (QED) is 0.0534. The SMILES string of the molecule is C[Si](C)(O)O[Si](=O)[Si](=O)[Si](=O)[Si](=O)[Si](=O)[Si](=O)[Si](=O)[Si](=O)[Si](=O)[Si](=O)[Si](=O)[Si](=O)[Si](=O)[Si](=O)[Si](=O)[Si](=O)[Si](=O)[Si](=O)[Si](=O)[Si](=O)[Si](=O)[Si](=O)[Si](=O)[Si](=O)[Si](=O)[Si](=O)[Si](=O)[Si](=O)[Si](=O)[Si](=O)[Si](=O)[Si](=O)[Si](=O)[Si](=O)[Si](=O)[Si](=O)[Si](=O)[Si](=O)[Si](=O)[Si](=O)[Si](=O)[Si](=O)[Si](=O)[Si](=O)[Si](=O)[SiH2]O. The second-order valence-electron chi connectivity index (χ2n) is 16.6. The van der Waals surface area contributed by atoms with Gasteiger partial charge in [0.25, 0.3) is 0 Å². The molecule has 48 nitrogen and oxygen atoms in total. The van der Waals surface area contributed by atoms with Crippen LogP contribution in [0.25, 0.3) is 0 Å². The van der Waals surface area contributed by atoms with E-state index in [0.29, 0.717) is 0 Å². The average molecular weight is 2120 g/mol. The Morgan fingerprint density at radius 3 is 0.340 bits per heavy atom. The van der Waals surface area contributed by atoms with E-state index in [1.54, 1.807) is 0 Å². The van der Waals surface area contributed by atoms with Crippen molar-refractivity contribution < 1.29 is 214 Å². The number of hydrogen-bond donors (Lipinski definition) is 2. The molecule has 0 radical (unpaired) electrons. The van der Waals surface area contributed by atoms with Gasteiger partial charge >= 0.3 is 357 Å². The molecule has 0 rings (SSSR count). The Hall–Kier alpha value is 0.914. The van der Waals surface area contributed by atoms with E-state index in [9.17, 15) is 206 Å². The molecule has 0 aliphatic carbocycles. The van der Waals surface area contributed by atoms with Crippen molar-refractivity contribution in [2.24, 2.45) is 0 Å². The second-order valence-corrected chi connectivity index (χ2v) is 240. The normalized spacial score (nSPS) is 10.2. The predicted octanol–water partition coefficient (Wildman–Crippen LogP) is -23.8. The molecule has 0 amide bonds. The van der Waals surface area contributed by atoms with Gasteiger partial charge in [0.2, 0.25) is 9.28 Å². The van der Waals surface area contributed by atoms with Gasteiger partial charge in [0.1, 0.15) is 0 Å². The summed E-state index contributed by atoms with van der Waals surface area (Å²) in [5.41, 5.74) is 0. The fourth-order valence-electron chi connectivity index (χ4n) is 4.79.